The molecule has 76 heavy (non-hydrogen) atoms. The number of aliphatic hydroxyl groups is 5. The molecule has 4 heterocycles. The summed E-state index contributed by atoms with van der Waals surface area (Å²) in [6, 6.07) is 0. The fourth-order valence-electron chi connectivity index (χ4n) is 6.72. The lowest BCUT2D eigenvalue weighted by atomic mass is 10.4. The average Bonchev–Trinajstić information content (AvgIpc) is 3.98. The monoisotopic (exact) mass is 1150 g/mol. The van der Waals surface area contributed by atoms with E-state index < -0.39 is 33.9 Å². The van der Waals surface area contributed by atoms with Crippen molar-refractivity contribution in [1.82, 2.24) is 59.1 Å². The number of hydrogen-bond acceptors (Lipinski definition) is 24. The van der Waals surface area contributed by atoms with E-state index in [1.807, 2.05) is 32.6 Å². The molecule has 0 unspecified atom stereocenters. The lowest BCUT2D eigenvalue weighted by Gasteiger charge is -2.24. The van der Waals surface area contributed by atoms with Crippen LogP contribution in [0.15, 0.2) is 22.2 Å². The van der Waals surface area contributed by atoms with Crippen LogP contribution in [0.25, 0.3) is 22.3 Å². The number of aromatic amines is 2. The molecule has 0 aliphatic carbocycles. The lowest BCUT2D eigenvalue weighted by molar-refractivity contribution is 0.186. The molecule has 4 rings (SSSR count). The van der Waals surface area contributed by atoms with Crippen molar-refractivity contribution in [3.8, 4) is 0 Å². The minimum absolute atomic E-state index is 0.0158. The molecule has 0 bridgehead atoms. The third-order valence-electron chi connectivity index (χ3n) is 10.1. The molecule has 0 radical (unpaired) electrons. The second kappa shape index (κ2) is 41.4. The number of fused-ring (bicyclic) bond motifs is 2. The Hall–Kier alpha value is -3.61. The molecule has 0 fully saturated rings. The van der Waals surface area contributed by atoms with E-state index in [1.54, 1.807) is 27.9 Å². The Bertz CT molecular complexity index is 2360. The molecule has 0 saturated carbocycles. The number of hydrogen-bond donors (Lipinski definition) is 12. The number of anilines is 2. The van der Waals surface area contributed by atoms with Gasteiger partial charge < -0.3 is 84.2 Å². The summed E-state index contributed by atoms with van der Waals surface area (Å²) >= 11 is 0. The number of aliphatic hydroxyl groups excluding tert-OH is 5. The standard InChI is InChI=1S/C15H27N6O5P.C11H19N6O5P.C11H26NO4P.C4H11NO2.C2H6/c1-3-25-27(24,26-4-2)10-8-20(7-9-22)5-6-21-11-17-12-13(21)18-15(16)19-14(12)23;12-11-14-9-8(10(19)15-11)13-7-17(9)2-1-16(3-5-18)4-6-23(20,21)22;1-4-7-12(8-10-13)9-11-17(14,15-5-2)16-6-3;6-3-1-5-2-4-7;1-2/h11,22H,3-10H2,1-2H3,(H3,16,18,19,23);7,18H,1-6H2,(H2,20,21,22)(H3,12,14,15,19);13H,4-11H2,1-3H3;5-7H,1-4H2;1-2H3. The zero-order valence-electron chi connectivity index (χ0n) is 45.4. The highest BCUT2D eigenvalue weighted by atomic mass is 31.2. The van der Waals surface area contributed by atoms with Crippen LogP contribution in [0, 0.1) is 0 Å². The quantitative estimate of drug-likeness (QED) is 0.0213. The first kappa shape index (κ1) is 72.4. The Morgan fingerprint density at radius 3 is 1.20 bits per heavy atom. The van der Waals surface area contributed by atoms with Gasteiger partial charge in [-0.25, -0.2) is 9.97 Å². The topological polar surface area (TPSA) is 431 Å². The van der Waals surface area contributed by atoms with Gasteiger partial charge in [0.05, 0.1) is 90.6 Å². The molecular formula is C43H89N14O16P3. The average molecular weight is 1150 g/mol. The maximum absolute atomic E-state index is 12.6. The normalized spacial score (nSPS) is 11.8. The number of rotatable bonds is 35. The SMILES string of the molecule is CC.CCCN(CCO)CCP(=O)(OCC)OCC.CCOP(=O)(CCN(CCO)CCn1cnc2c(=O)[nH]c(N)nc21)OCC.Nc1nc2c(ncn2CCN(CCO)CCP(=O)(O)O)c(=O)[nH]1.OCCNCCO. The van der Waals surface area contributed by atoms with Crippen molar-refractivity contribution in [1.29, 1.82) is 0 Å². The van der Waals surface area contributed by atoms with Gasteiger partial charge in [0.15, 0.2) is 22.3 Å². The predicted molar refractivity (Wildman–Crippen MR) is 293 cm³/mol. The third-order valence-corrected chi connectivity index (χ3v) is 14.9. The number of aromatic nitrogens is 8. The zero-order chi connectivity index (χ0) is 57.6. The van der Waals surface area contributed by atoms with Crippen molar-refractivity contribution >= 4 is 57.0 Å². The molecule has 0 aromatic carbocycles. The minimum Gasteiger partial charge on any atom is -0.395 e. The second-order valence-corrected chi connectivity index (χ2v) is 21.9. The number of H-pyrrole nitrogens is 2. The van der Waals surface area contributed by atoms with E-state index in [4.69, 9.17) is 59.8 Å². The smallest absolute Gasteiger partial charge is 0.331 e. The molecule has 0 aliphatic heterocycles. The minimum atomic E-state index is -4.10. The van der Waals surface area contributed by atoms with Gasteiger partial charge in [-0.1, -0.05) is 20.8 Å². The van der Waals surface area contributed by atoms with E-state index in [2.05, 4.69) is 47.0 Å². The molecule has 442 valence electrons. The van der Waals surface area contributed by atoms with Gasteiger partial charge in [-0.05, 0) is 40.7 Å². The molecular weight excluding hydrogens is 1060 g/mol. The summed E-state index contributed by atoms with van der Waals surface area (Å²) in [5.41, 5.74) is 11.4. The van der Waals surface area contributed by atoms with Crippen molar-refractivity contribution in [3.63, 3.8) is 0 Å². The maximum Gasteiger partial charge on any atom is 0.331 e. The van der Waals surface area contributed by atoms with Crippen LogP contribution < -0.4 is 27.9 Å². The molecule has 0 saturated heterocycles. The summed E-state index contributed by atoms with van der Waals surface area (Å²) < 4.78 is 60.1. The first-order chi connectivity index (χ1) is 36.2. The van der Waals surface area contributed by atoms with E-state index in [-0.39, 0.29) is 81.4 Å². The summed E-state index contributed by atoms with van der Waals surface area (Å²) in [6.07, 6.45) is 4.30. The fourth-order valence-corrected chi connectivity index (χ4v) is 10.6. The summed E-state index contributed by atoms with van der Waals surface area (Å²) in [5.74, 6) is 0.00814. The molecule has 0 amide bonds. The molecule has 4 aromatic heterocycles. The van der Waals surface area contributed by atoms with Crippen LogP contribution in [0.2, 0.25) is 0 Å². The summed E-state index contributed by atoms with van der Waals surface area (Å²) in [4.78, 5) is 68.1. The molecule has 33 heteroatoms. The van der Waals surface area contributed by atoms with Crippen molar-refractivity contribution in [2.75, 3.05) is 161 Å². The van der Waals surface area contributed by atoms with Gasteiger partial charge in [0.1, 0.15) is 0 Å². The highest BCUT2D eigenvalue weighted by Gasteiger charge is 2.26. The number of nitrogens with zero attached hydrogens (tertiary/aromatic N) is 9. The van der Waals surface area contributed by atoms with Crippen molar-refractivity contribution in [2.24, 2.45) is 0 Å². The van der Waals surface area contributed by atoms with E-state index in [0.29, 0.717) is 109 Å². The van der Waals surface area contributed by atoms with Crippen molar-refractivity contribution in [3.05, 3.63) is 33.4 Å². The number of imidazole rings is 2. The van der Waals surface area contributed by atoms with Gasteiger partial charge in [0.25, 0.3) is 11.1 Å². The predicted octanol–water partition coefficient (Wildman–Crippen LogP) is -0.0204. The van der Waals surface area contributed by atoms with Crippen molar-refractivity contribution < 1.29 is 67.1 Å². The Labute approximate surface area is 444 Å². The molecule has 14 N–H and O–H groups in total. The summed E-state index contributed by atoms with van der Waals surface area (Å²) in [6.45, 7) is 21.2. The Balaban J connectivity index is 0.00000105. The highest BCUT2D eigenvalue weighted by molar-refractivity contribution is 7.54. The van der Waals surface area contributed by atoms with Crippen LogP contribution in [0.1, 0.15) is 54.9 Å². The first-order valence-electron chi connectivity index (χ1n) is 25.4. The third kappa shape index (κ3) is 29.9. The number of nitrogens with one attached hydrogen (secondary N) is 3. The van der Waals surface area contributed by atoms with Gasteiger partial charge in [0.2, 0.25) is 11.9 Å². The van der Waals surface area contributed by atoms with E-state index in [1.165, 1.54) is 12.7 Å². The van der Waals surface area contributed by atoms with Crippen molar-refractivity contribution in [2.45, 2.75) is 68.0 Å². The van der Waals surface area contributed by atoms with Crippen LogP contribution in [-0.4, -0.2) is 239 Å². The first-order valence-corrected chi connectivity index (χ1v) is 30.6. The second-order valence-electron chi connectivity index (χ2n) is 15.7. The van der Waals surface area contributed by atoms with E-state index in [9.17, 15) is 28.4 Å². The molecule has 0 spiro atoms. The van der Waals surface area contributed by atoms with Crippen LogP contribution in [0.5, 0.6) is 0 Å². The molecule has 30 nitrogen and oxygen atoms in total. The van der Waals surface area contributed by atoms with Crippen LogP contribution in [0.4, 0.5) is 11.9 Å². The van der Waals surface area contributed by atoms with Gasteiger partial charge in [-0.15, -0.1) is 0 Å². The van der Waals surface area contributed by atoms with Gasteiger partial charge in [0, 0.05) is 78.5 Å². The molecule has 4 aromatic rings. The van der Waals surface area contributed by atoms with Crippen LogP contribution in [-0.2, 0) is 44.9 Å². The maximum atomic E-state index is 12.6. The van der Waals surface area contributed by atoms with Crippen LogP contribution in [0.3, 0.4) is 0 Å². The van der Waals surface area contributed by atoms with Gasteiger partial charge >= 0.3 is 22.8 Å². The summed E-state index contributed by atoms with van der Waals surface area (Å²) in [7, 11) is -10.2. The highest BCUT2D eigenvalue weighted by Crippen LogP contribution is 2.48. The largest absolute Gasteiger partial charge is 0.395 e. The lowest BCUT2D eigenvalue weighted by Crippen LogP contribution is -2.33. The van der Waals surface area contributed by atoms with Gasteiger partial charge in [-0.2, -0.15) is 9.97 Å². The van der Waals surface area contributed by atoms with E-state index >= 15 is 0 Å². The van der Waals surface area contributed by atoms with E-state index in [0.717, 1.165) is 13.0 Å². The molecule has 0 aliphatic rings. The Kier molecular flexibility index (Phi) is 39.5. The Morgan fingerprint density at radius 1 is 0.553 bits per heavy atom. The number of nitrogens with two attached hydrogens (primary N) is 2. The Morgan fingerprint density at radius 2 is 0.895 bits per heavy atom. The molecule has 0 atom stereocenters. The summed E-state index contributed by atoms with van der Waals surface area (Å²) in [5, 5.41) is 46.4. The zero-order valence-corrected chi connectivity index (χ0v) is 48.0. The fraction of sp³-hybridized carbons (Fsp3) is 0.767. The number of nitrogen functional groups attached to an aromatic ring is 2. The van der Waals surface area contributed by atoms with Gasteiger partial charge in [-0.3, -0.25) is 43.1 Å². The van der Waals surface area contributed by atoms with Crippen LogP contribution >= 0.6 is 22.8 Å².